The Labute approximate surface area is 188 Å². The zero-order chi connectivity index (χ0) is 22.7. The Morgan fingerprint density at radius 3 is 2.31 bits per heavy atom. The fraction of sp³-hybridized carbons (Fsp3) is 0.214. The van der Waals surface area contributed by atoms with E-state index in [2.05, 4.69) is 26.0 Å². The van der Waals surface area contributed by atoms with Crippen molar-refractivity contribution in [2.24, 2.45) is 5.92 Å². The smallest absolute Gasteiger partial charge is 0.335 e. The van der Waals surface area contributed by atoms with Crippen LogP contribution in [0.2, 0.25) is 0 Å². The van der Waals surface area contributed by atoms with Crippen LogP contribution in [-0.4, -0.2) is 17.0 Å². The topological polar surface area (TPSA) is 57.6 Å². The summed E-state index contributed by atoms with van der Waals surface area (Å²) in [5.41, 5.74) is 5.71. The van der Waals surface area contributed by atoms with Gasteiger partial charge in [0.15, 0.2) is 0 Å². The number of rotatable bonds is 7. The number of aromatic carboxylic acids is 1. The van der Waals surface area contributed by atoms with E-state index in [0.717, 1.165) is 46.4 Å². The summed E-state index contributed by atoms with van der Waals surface area (Å²) in [4.78, 5) is 27.0. The molecule has 0 radical (unpaired) electrons. The summed E-state index contributed by atoms with van der Waals surface area (Å²) < 4.78 is 0. The maximum absolute atomic E-state index is 13.8. The van der Waals surface area contributed by atoms with Gasteiger partial charge in [-0.05, 0) is 53.7 Å². The molecule has 1 N–H and O–H groups in total. The Balaban J connectivity index is 1.80. The molecular weight excluding hydrogens is 398 g/mol. The molecule has 4 heteroatoms. The lowest BCUT2D eigenvalue weighted by atomic mass is 9.90. The summed E-state index contributed by atoms with van der Waals surface area (Å²) in [5.74, 6) is -0.480. The average molecular weight is 426 g/mol. The molecule has 0 atom stereocenters. The predicted molar refractivity (Wildman–Crippen MR) is 128 cm³/mol. The van der Waals surface area contributed by atoms with Gasteiger partial charge in [-0.3, -0.25) is 4.79 Å². The molecule has 0 aromatic heterocycles. The molecule has 0 saturated carbocycles. The third kappa shape index (κ3) is 4.35. The normalized spacial score (nSPS) is 14.6. The molecule has 0 spiro atoms. The van der Waals surface area contributed by atoms with Crippen molar-refractivity contribution >= 4 is 28.7 Å². The number of allylic oxidation sites excluding steroid dienone is 1. The minimum absolute atomic E-state index is 0.0328. The van der Waals surface area contributed by atoms with Gasteiger partial charge in [-0.25, -0.2) is 4.79 Å². The zero-order valence-corrected chi connectivity index (χ0v) is 18.4. The number of para-hydroxylation sites is 1. The van der Waals surface area contributed by atoms with Crippen LogP contribution in [0.4, 0.5) is 5.69 Å². The van der Waals surface area contributed by atoms with E-state index in [1.54, 1.807) is 23.1 Å². The molecule has 1 aliphatic rings. The Bertz CT molecular complexity index is 1180. The third-order valence-corrected chi connectivity index (χ3v) is 5.83. The second kappa shape index (κ2) is 9.23. The van der Waals surface area contributed by atoms with E-state index in [1.165, 1.54) is 0 Å². The monoisotopic (exact) mass is 425 g/mol. The van der Waals surface area contributed by atoms with Crippen LogP contribution in [0.15, 0.2) is 78.9 Å². The number of hydrogen-bond donors (Lipinski definition) is 1. The van der Waals surface area contributed by atoms with Crippen LogP contribution < -0.4 is 4.90 Å². The van der Waals surface area contributed by atoms with Crippen LogP contribution >= 0.6 is 0 Å². The van der Waals surface area contributed by atoms with Crippen molar-refractivity contribution in [3.63, 3.8) is 0 Å². The SMILES string of the molecule is CC(C)CCC(=C1C(=O)N(Cc2cccc(C(=O)O)c2)c2ccccc21)c1ccccc1. The first kappa shape index (κ1) is 21.6. The molecule has 4 nitrogen and oxygen atoms in total. The Kier molecular flexibility index (Phi) is 6.22. The van der Waals surface area contributed by atoms with Gasteiger partial charge in [0.1, 0.15) is 0 Å². The summed E-state index contributed by atoms with van der Waals surface area (Å²) >= 11 is 0. The molecule has 0 unspecified atom stereocenters. The van der Waals surface area contributed by atoms with E-state index in [1.807, 2.05) is 48.5 Å². The number of carboxylic acids is 1. The van der Waals surface area contributed by atoms with E-state index in [-0.39, 0.29) is 11.5 Å². The number of benzene rings is 3. The molecule has 3 aromatic carbocycles. The first-order chi connectivity index (χ1) is 15.5. The van der Waals surface area contributed by atoms with Gasteiger partial charge in [0.05, 0.1) is 23.4 Å². The lowest BCUT2D eigenvalue weighted by molar-refractivity contribution is -0.113. The largest absolute Gasteiger partial charge is 0.478 e. The van der Waals surface area contributed by atoms with Gasteiger partial charge in [0, 0.05) is 5.56 Å². The second-order valence-corrected chi connectivity index (χ2v) is 8.57. The number of nitrogens with zero attached hydrogens (tertiary/aromatic N) is 1. The number of carboxylic acid groups (broad SMARTS) is 1. The molecule has 0 fully saturated rings. The molecule has 0 bridgehead atoms. The fourth-order valence-corrected chi connectivity index (χ4v) is 4.20. The molecule has 1 heterocycles. The standard InChI is InChI=1S/C28H27NO3/c1-19(2)15-16-23(21-10-4-3-5-11-21)26-24-13-6-7-14-25(24)29(27(26)30)18-20-9-8-12-22(17-20)28(31)32/h3-14,17,19H,15-16,18H2,1-2H3,(H,31,32). The lowest BCUT2D eigenvalue weighted by Gasteiger charge is -2.18. The van der Waals surface area contributed by atoms with Crippen molar-refractivity contribution in [1.82, 2.24) is 0 Å². The van der Waals surface area contributed by atoms with Gasteiger partial charge < -0.3 is 10.0 Å². The van der Waals surface area contributed by atoms with Crippen molar-refractivity contribution in [2.45, 2.75) is 33.2 Å². The summed E-state index contributed by atoms with van der Waals surface area (Å²) in [6.45, 7) is 4.71. The number of hydrogen-bond acceptors (Lipinski definition) is 2. The summed E-state index contributed by atoms with van der Waals surface area (Å²) in [5, 5.41) is 9.34. The summed E-state index contributed by atoms with van der Waals surface area (Å²) in [6, 6.07) is 24.8. The van der Waals surface area contributed by atoms with Crippen LogP contribution in [0.1, 0.15) is 53.7 Å². The van der Waals surface area contributed by atoms with Gasteiger partial charge in [-0.1, -0.05) is 74.5 Å². The fourth-order valence-electron chi connectivity index (χ4n) is 4.20. The Morgan fingerprint density at radius 2 is 1.59 bits per heavy atom. The van der Waals surface area contributed by atoms with E-state index in [9.17, 15) is 14.7 Å². The van der Waals surface area contributed by atoms with Gasteiger partial charge >= 0.3 is 5.97 Å². The predicted octanol–water partition coefficient (Wildman–Crippen LogP) is 6.28. The maximum Gasteiger partial charge on any atom is 0.335 e. The molecule has 32 heavy (non-hydrogen) atoms. The van der Waals surface area contributed by atoms with E-state index < -0.39 is 5.97 Å². The zero-order valence-electron chi connectivity index (χ0n) is 18.4. The quantitative estimate of drug-likeness (QED) is 0.453. The second-order valence-electron chi connectivity index (χ2n) is 8.57. The summed E-state index contributed by atoms with van der Waals surface area (Å²) in [6.07, 6.45) is 1.81. The third-order valence-electron chi connectivity index (χ3n) is 5.83. The average Bonchev–Trinajstić information content (AvgIpc) is 3.06. The van der Waals surface area contributed by atoms with Crippen LogP contribution in [0, 0.1) is 5.92 Å². The number of anilines is 1. The first-order valence-corrected chi connectivity index (χ1v) is 11.0. The number of carbonyl (C=O) groups is 2. The molecule has 3 aromatic rings. The first-order valence-electron chi connectivity index (χ1n) is 11.0. The minimum Gasteiger partial charge on any atom is -0.478 e. The molecule has 1 aliphatic heterocycles. The highest BCUT2D eigenvalue weighted by molar-refractivity contribution is 6.37. The van der Waals surface area contributed by atoms with Crippen LogP contribution in [0.25, 0.3) is 11.1 Å². The Morgan fingerprint density at radius 1 is 0.906 bits per heavy atom. The molecule has 162 valence electrons. The van der Waals surface area contributed by atoms with Crippen molar-refractivity contribution < 1.29 is 14.7 Å². The Hall–Kier alpha value is -3.66. The van der Waals surface area contributed by atoms with Crippen molar-refractivity contribution in [1.29, 1.82) is 0 Å². The van der Waals surface area contributed by atoms with Crippen LogP contribution in [0.3, 0.4) is 0 Å². The highest BCUT2D eigenvalue weighted by Gasteiger charge is 2.34. The van der Waals surface area contributed by atoms with E-state index in [4.69, 9.17) is 0 Å². The van der Waals surface area contributed by atoms with Crippen LogP contribution in [-0.2, 0) is 11.3 Å². The molecule has 0 saturated heterocycles. The highest BCUT2D eigenvalue weighted by Crippen LogP contribution is 2.43. The number of carbonyl (C=O) groups excluding carboxylic acids is 1. The lowest BCUT2D eigenvalue weighted by Crippen LogP contribution is -2.26. The molecule has 1 amide bonds. The minimum atomic E-state index is -0.972. The molecule has 4 rings (SSSR count). The maximum atomic E-state index is 13.8. The van der Waals surface area contributed by atoms with Crippen molar-refractivity contribution in [3.8, 4) is 0 Å². The molecular formula is C28H27NO3. The number of amides is 1. The van der Waals surface area contributed by atoms with E-state index in [0.29, 0.717) is 12.5 Å². The van der Waals surface area contributed by atoms with Crippen LogP contribution in [0.5, 0.6) is 0 Å². The highest BCUT2D eigenvalue weighted by atomic mass is 16.4. The van der Waals surface area contributed by atoms with Gasteiger partial charge in [-0.15, -0.1) is 0 Å². The van der Waals surface area contributed by atoms with Gasteiger partial charge in [0.2, 0.25) is 0 Å². The van der Waals surface area contributed by atoms with Gasteiger partial charge in [0.25, 0.3) is 5.91 Å². The van der Waals surface area contributed by atoms with Crippen molar-refractivity contribution in [3.05, 3.63) is 101 Å². The number of fused-ring (bicyclic) bond motifs is 1. The van der Waals surface area contributed by atoms with Crippen molar-refractivity contribution in [2.75, 3.05) is 4.90 Å². The summed E-state index contributed by atoms with van der Waals surface area (Å²) in [7, 11) is 0. The molecule has 0 aliphatic carbocycles. The van der Waals surface area contributed by atoms with E-state index >= 15 is 0 Å². The van der Waals surface area contributed by atoms with Gasteiger partial charge in [-0.2, -0.15) is 0 Å².